The number of rotatable bonds is 0. The minimum absolute atomic E-state index is 0.00591. The molecule has 22 heavy (non-hydrogen) atoms. The number of fused-ring (bicyclic) bond motifs is 3. The molecular weight excluding hydrogens is 298 g/mol. The van der Waals surface area contributed by atoms with E-state index < -0.39 is 0 Å². The molecule has 4 rings (SSSR count). The molecule has 0 aliphatic carbocycles. The number of hydrazone groups is 1. The molecule has 3 heterocycles. The topological polar surface area (TPSA) is 34.4 Å². The highest BCUT2D eigenvalue weighted by atomic mass is 35.5. The fraction of sp³-hybridized carbons (Fsp3) is 0.375. The zero-order chi connectivity index (χ0) is 15.1. The van der Waals surface area contributed by atoms with Crippen LogP contribution in [0.1, 0.15) is 18.9 Å². The predicted octanol–water partition coefficient (Wildman–Crippen LogP) is 2.64. The molecular formula is C16H18ClN5. The van der Waals surface area contributed by atoms with Crippen LogP contribution < -0.4 is 4.90 Å². The average Bonchev–Trinajstić information content (AvgIpc) is 2.75. The van der Waals surface area contributed by atoms with Gasteiger partial charge in [-0.05, 0) is 25.5 Å². The SMILES string of the molecule is CC1N(Cl)N=C2CN=C(N3CC=CCC3)c3ccccc3N21. The number of hydrogen-bond donors (Lipinski definition) is 0. The van der Waals surface area contributed by atoms with Gasteiger partial charge in [-0.3, -0.25) is 4.99 Å². The van der Waals surface area contributed by atoms with Gasteiger partial charge in [-0.15, -0.1) is 5.10 Å². The lowest BCUT2D eigenvalue weighted by Crippen LogP contribution is -2.38. The van der Waals surface area contributed by atoms with Crippen LogP contribution in [0, 0.1) is 0 Å². The Morgan fingerprint density at radius 1 is 1.23 bits per heavy atom. The molecule has 1 aromatic rings. The van der Waals surface area contributed by atoms with Gasteiger partial charge in [-0.2, -0.15) is 4.53 Å². The van der Waals surface area contributed by atoms with Gasteiger partial charge in [0.25, 0.3) is 0 Å². The largest absolute Gasteiger partial charge is 0.352 e. The number of amidine groups is 2. The van der Waals surface area contributed by atoms with Crippen LogP contribution in [0.3, 0.4) is 0 Å². The van der Waals surface area contributed by atoms with Gasteiger partial charge in [-0.1, -0.05) is 24.3 Å². The third kappa shape index (κ3) is 2.08. The van der Waals surface area contributed by atoms with Gasteiger partial charge in [0.15, 0.2) is 5.84 Å². The first-order chi connectivity index (χ1) is 10.8. The number of anilines is 1. The number of nitrogens with zero attached hydrogens (tertiary/aromatic N) is 5. The minimum atomic E-state index is -0.00591. The summed E-state index contributed by atoms with van der Waals surface area (Å²) in [5.41, 5.74) is 2.28. The van der Waals surface area contributed by atoms with Gasteiger partial charge in [0.2, 0.25) is 0 Å². The van der Waals surface area contributed by atoms with E-state index in [0.29, 0.717) is 6.54 Å². The van der Waals surface area contributed by atoms with Gasteiger partial charge >= 0.3 is 0 Å². The summed E-state index contributed by atoms with van der Waals surface area (Å²) in [7, 11) is 0. The predicted molar refractivity (Wildman–Crippen MR) is 90.2 cm³/mol. The molecule has 0 amide bonds. The van der Waals surface area contributed by atoms with Crippen LogP contribution in [0.15, 0.2) is 46.5 Å². The maximum atomic E-state index is 6.18. The Kier molecular flexibility index (Phi) is 3.30. The van der Waals surface area contributed by atoms with Crippen molar-refractivity contribution >= 4 is 29.1 Å². The first-order valence-electron chi connectivity index (χ1n) is 7.61. The normalized spacial score (nSPS) is 23.7. The third-order valence-corrected chi connectivity index (χ3v) is 4.66. The fourth-order valence-corrected chi connectivity index (χ4v) is 3.38. The Morgan fingerprint density at radius 3 is 2.91 bits per heavy atom. The smallest absolute Gasteiger partial charge is 0.154 e. The molecule has 1 unspecified atom stereocenters. The number of benzene rings is 1. The quantitative estimate of drug-likeness (QED) is 0.545. The van der Waals surface area contributed by atoms with E-state index in [-0.39, 0.29) is 6.17 Å². The van der Waals surface area contributed by atoms with Crippen LogP contribution >= 0.6 is 11.8 Å². The lowest BCUT2D eigenvalue weighted by Gasteiger charge is -2.30. The standard InChI is InChI=1S/C16H18ClN5/c1-12-21-14-8-4-3-7-13(14)16(20-9-5-2-6-10-20)18-11-15(21)19-22(12)17/h2-5,7-8,12H,6,9-11H2,1H3. The Hall–Kier alpha value is -2.01. The molecule has 0 spiro atoms. The molecule has 1 atom stereocenters. The number of hydrogen-bond acceptors (Lipinski definition) is 5. The Labute approximate surface area is 135 Å². The maximum Gasteiger partial charge on any atom is 0.154 e. The zero-order valence-corrected chi connectivity index (χ0v) is 13.2. The molecule has 0 fully saturated rings. The molecule has 5 nitrogen and oxygen atoms in total. The third-order valence-electron chi connectivity index (χ3n) is 4.30. The maximum absolute atomic E-state index is 6.18. The van der Waals surface area contributed by atoms with Gasteiger partial charge in [0.1, 0.15) is 18.5 Å². The van der Waals surface area contributed by atoms with E-state index in [1.165, 1.54) is 4.53 Å². The van der Waals surface area contributed by atoms with Crippen molar-refractivity contribution in [2.75, 3.05) is 24.5 Å². The summed E-state index contributed by atoms with van der Waals surface area (Å²) in [4.78, 5) is 9.37. The van der Waals surface area contributed by atoms with Crippen LogP contribution in [0.4, 0.5) is 5.69 Å². The van der Waals surface area contributed by atoms with Crippen molar-refractivity contribution in [3.8, 4) is 0 Å². The zero-order valence-electron chi connectivity index (χ0n) is 12.5. The van der Waals surface area contributed by atoms with Crippen LogP contribution in [0.25, 0.3) is 0 Å². The van der Waals surface area contributed by atoms with E-state index in [1.54, 1.807) is 0 Å². The summed E-state index contributed by atoms with van der Waals surface area (Å²) in [6, 6.07) is 8.38. The highest BCUT2D eigenvalue weighted by Crippen LogP contribution is 2.32. The highest BCUT2D eigenvalue weighted by Gasteiger charge is 2.35. The van der Waals surface area contributed by atoms with Crippen LogP contribution in [-0.4, -0.2) is 46.9 Å². The average molecular weight is 316 g/mol. The first-order valence-corrected chi connectivity index (χ1v) is 7.95. The summed E-state index contributed by atoms with van der Waals surface area (Å²) in [6.07, 6.45) is 5.50. The first kappa shape index (κ1) is 13.6. The number of para-hydroxylation sites is 1. The summed E-state index contributed by atoms with van der Waals surface area (Å²) in [6.45, 7) is 4.52. The van der Waals surface area contributed by atoms with E-state index in [9.17, 15) is 0 Å². The van der Waals surface area contributed by atoms with Crippen molar-refractivity contribution in [1.29, 1.82) is 0 Å². The van der Waals surface area contributed by atoms with E-state index in [0.717, 1.165) is 42.4 Å². The van der Waals surface area contributed by atoms with E-state index >= 15 is 0 Å². The summed E-state index contributed by atoms with van der Waals surface area (Å²) in [5.74, 6) is 1.96. The van der Waals surface area contributed by atoms with E-state index in [2.05, 4.69) is 58.2 Å². The molecule has 0 N–H and O–H groups in total. The van der Waals surface area contributed by atoms with Gasteiger partial charge in [0, 0.05) is 30.4 Å². The second kappa shape index (κ2) is 5.32. The van der Waals surface area contributed by atoms with Crippen LogP contribution in [0.5, 0.6) is 0 Å². The second-order valence-electron chi connectivity index (χ2n) is 5.67. The van der Waals surface area contributed by atoms with Crippen LogP contribution in [-0.2, 0) is 0 Å². The molecule has 3 aliphatic heterocycles. The van der Waals surface area contributed by atoms with Crippen molar-refractivity contribution in [3.63, 3.8) is 0 Å². The summed E-state index contributed by atoms with van der Waals surface area (Å²) < 4.78 is 1.48. The molecule has 0 bridgehead atoms. The second-order valence-corrected chi connectivity index (χ2v) is 6.02. The fourth-order valence-electron chi connectivity index (χ4n) is 3.21. The molecule has 1 aromatic carbocycles. The molecule has 0 saturated carbocycles. The van der Waals surface area contributed by atoms with Gasteiger partial charge in [-0.25, -0.2) is 0 Å². The molecule has 0 saturated heterocycles. The summed E-state index contributed by atoms with van der Waals surface area (Å²) >= 11 is 6.18. The lowest BCUT2D eigenvalue weighted by atomic mass is 10.1. The highest BCUT2D eigenvalue weighted by molar-refractivity contribution is 6.18. The van der Waals surface area contributed by atoms with Crippen molar-refractivity contribution in [1.82, 2.24) is 9.43 Å². The molecule has 6 heteroatoms. The van der Waals surface area contributed by atoms with E-state index in [1.807, 2.05) is 0 Å². The molecule has 0 radical (unpaired) electrons. The Morgan fingerprint density at radius 2 is 2.09 bits per heavy atom. The van der Waals surface area contributed by atoms with Gasteiger partial charge in [0.05, 0.1) is 5.69 Å². The summed E-state index contributed by atoms with van der Waals surface area (Å²) in [5, 5.41) is 4.43. The van der Waals surface area contributed by atoms with Crippen molar-refractivity contribution in [2.24, 2.45) is 10.1 Å². The van der Waals surface area contributed by atoms with E-state index in [4.69, 9.17) is 16.8 Å². The minimum Gasteiger partial charge on any atom is -0.352 e. The van der Waals surface area contributed by atoms with Crippen molar-refractivity contribution in [2.45, 2.75) is 19.5 Å². The molecule has 114 valence electrons. The van der Waals surface area contributed by atoms with Crippen LogP contribution in [0.2, 0.25) is 0 Å². The van der Waals surface area contributed by atoms with Gasteiger partial charge < -0.3 is 9.80 Å². The Balaban J connectivity index is 1.81. The Bertz CT molecular complexity index is 681. The molecule has 3 aliphatic rings. The number of halogens is 1. The lowest BCUT2D eigenvalue weighted by molar-refractivity contribution is 0.419. The number of aliphatic imine (C=N–C) groups is 1. The monoisotopic (exact) mass is 315 g/mol. The van der Waals surface area contributed by atoms with Crippen molar-refractivity contribution in [3.05, 3.63) is 42.0 Å². The van der Waals surface area contributed by atoms with Crippen molar-refractivity contribution < 1.29 is 0 Å². The molecule has 0 aromatic heterocycles.